The first kappa shape index (κ1) is 18.6. The Labute approximate surface area is 155 Å². The van der Waals surface area contributed by atoms with Gasteiger partial charge in [0, 0.05) is 32.7 Å². The molecule has 0 atom stereocenters. The average Bonchev–Trinajstić information content (AvgIpc) is 2.62. The van der Waals surface area contributed by atoms with Crippen LogP contribution in [0.1, 0.15) is 30.0 Å². The summed E-state index contributed by atoms with van der Waals surface area (Å²) in [4.78, 5) is 13.8. The third-order valence-corrected chi connectivity index (χ3v) is 6.71. The highest BCUT2D eigenvalue weighted by atomic mass is 32.2. The number of hydrogen-bond acceptors (Lipinski definition) is 3. The Kier molecular flexibility index (Phi) is 5.16. The van der Waals surface area contributed by atoms with Gasteiger partial charge in [0.25, 0.3) is 0 Å². The monoisotopic (exact) mass is 372 g/mol. The van der Waals surface area contributed by atoms with E-state index in [1.165, 1.54) is 11.2 Å². The zero-order valence-corrected chi connectivity index (χ0v) is 16.2. The summed E-state index contributed by atoms with van der Waals surface area (Å²) in [6, 6.07) is 12.8. The van der Waals surface area contributed by atoms with Gasteiger partial charge < -0.3 is 4.90 Å². The molecule has 138 valence electrons. The number of hydrogen-bond donors (Lipinski definition) is 0. The molecule has 3 rings (SSSR count). The molecule has 0 spiro atoms. The van der Waals surface area contributed by atoms with E-state index < -0.39 is 10.0 Å². The largest absolute Gasteiger partial charge is 0.312 e. The molecule has 5 nitrogen and oxygen atoms in total. The lowest BCUT2D eigenvalue weighted by Gasteiger charge is -2.29. The van der Waals surface area contributed by atoms with E-state index in [-0.39, 0.29) is 10.8 Å². The summed E-state index contributed by atoms with van der Waals surface area (Å²) in [6.07, 6.45) is 1.62. The van der Waals surface area contributed by atoms with Crippen LogP contribution in [0.4, 0.5) is 5.69 Å². The number of benzene rings is 2. The SMILES string of the molecule is CC(=O)N1CCCc2cc(S(=O)(=O)N(C)Cc3ccccc3C)ccc21. The van der Waals surface area contributed by atoms with Crippen LogP contribution in [0.5, 0.6) is 0 Å². The minimum atomic E-state index is -3.60. The molecule has 0 N–H and O–H groups in total. The van der Waals surface area contributed by atoms with Gasteiger partial charge in [-0.25, -0.2) is 8.42 Å². The molecule has 0 saturated heterocycles. The van der Waals surface area contributed by atoms with Crippen LogP contribution in [-0.2, 0) is 27.8 Å². The molecule has 0 aliphatic carbocycles. The molecule has 0 unspecified atom stereocenters. The summed E-state index contributed by atoms with van der Waals surface area (Å²) in [5.41, 5.74) is 3.79. The van der Waals surface area contributed by atoms with Gasteiger partial charge in [-0.1, -0.05) is 24.3 Å². The molecule has 6 heteroatoms. The number of anilines is 1. The Balaban J connectivity index is 1.90. The van der Waals surface area contributed by atoms with Crippen molar-refractivity contribution in [3.05, 3.63) is 59.2 Å². The highest BCUT2D eigenvalue weighted by Gasteiger charge is 2.25. The number of carbonyl (C=O) groups excluding carboxylic acids is 1. The fourth-order valence-electron chi connectivity index (χ4n) is 3.35. The lowest BCUT2D eigenvalue weighted by Crippen LogP contribution is -2.34. The van der Waals surface area contributed by atoms with E-state index >= 15 is 0 Å². The first-order chi connectivity index (χ1) is 12.3. The second-order valence-corrected chi connectivity index (χ2v) is 8.80. The summed E-state index contributed by atoms with van der Waals surface area (Å²) in [5, 5.41) is 0. The number of amides is 1. The van der Waals surface area contributed by atoms with Gasteiger partial charge in [0.15, 0.2) is 0 Å². The summed E-state index contributed by atoms with van der Waals surface area (Å²) >= 11 is 0. The minimum absolute atomic E-state index is 0.0155. The van der Waals surface area contributed by atoms with Gasteiger partial charge in [-0.15, -0.1) is 0 Å². The van der Waals surface area contributed by atoms with Crippen LogP contribution in [0.15, 0.2) is 47.4 Å². The van der Waals surface area contributed by atoms with Gasteiger partial charge in [0.05, 0.1) is 4.90 Å². The Bertz CT molecular complexity index is 938. The number of aryl methyl sites for hydroxylation is 2. The smallest absolute Gasteiger partial charge is 0.243 e. The van der Waals surface area contributed by atoms with Crippen molar-refractivity contribution < 1.29 is 13.2 Å². The number of rotatable bonds is 4. The maximum absolute atomic E-state index is 13.0. The van der Waals surface area contributed by atoms with E-state index in [4.69, 9.17) is 0 Å². The second-order valence-electron chi connectivity index (χ2n) is 6.75. The second kappa shape index (κ2) is 7.21. The van der Waals surface area contributed by atoms with Gasteiger partial charge >= 0.3 is 0 Å². The first-order valence-electron chi connectivity index (χ1n) is 8.72. The normalized spacial score (nSPS) is 14.4. The van der Waals surface area contributed by atoms with Gasteiger partial charge in [0.2, 0.25) is 15.9 Å². The van der Waals surface area contributed by atoms with E-state index in [0.29, 0.717) is 13.1 Å². The third kappa shape index (κ3) is 3.52. The van der Waals surface area contributed by atoms with E-state index in [1.54, 1.807) is 30.1 Å². The summed E-state index contributed by atoms with van der Waals surface area (Å²) < 4.78 is 27.4. The zero-order chi connectivity index (χ0) is 18.9. The number of nitrogens with zero attached hydrogens (tertiary/aromatic N) is 2. The van der Waals surface area contributed by atoms with Crippen LogP contribution in [0.2, 0.25) is 0 Å². The van der Waals surface area contributed by atoms with E-state index in [0.717, 1.165) is 35.2 Å². The van der Waals surface area contributed by atoms with E-state index in [1.807, 2.05) is 31.2 Å². The van der Waals surface area contributed by atoms with E-state index in [2.05, 4.69) is 0 Å². The fourth-order valence-corrected chi connectivity index (χ4v) is 4.55. The van der Waals surface area contributed by atoms with Crippen molar-refractivity contribution in [1.29, 1.82) is 0 Å². The van der Waals surface area contributed by atoms with Gasteiger partial charge in [-0.2, -0.15) is 4.31 Å². The molecule has 1 amide bonds. The minimum Gasteiger partial charge on any atom is -0.312 e. The highest BCUT2D eigenvalue weighted by Crippen LogP contribution is 2.30. The molecule has 1 heterocycles. The molecule has 26 heavy (non-hydrogen) atoms. The lowest BCUT2D eigenvalue weighted by molar-refractivity contribution is -0.116. The molecule has 2 aromatic carbocycles. The molecule has 1 aliphatic heterocycles. The third-order valence-electron chi connectivity index (χ3n) is 4.91. The Morgan fingerprint density at radius 2 is 1.92 bits per heavy atom. The van der Waals surface area contributed by atoms with Crippen LogP contribution in [-0.4, -0.2) is 32.2 Å². The van der Waals surface area contributed by atoms with Crippen molar-refractivity contribution in [2.75, 3.05) is 18.5 Å². The van der Waals surface area contributed by atoms with Gasteiger partial charge in [0.1, 0.15) is 0 Å². The highest BCUT2D eigenvalue weighted by molar-refractivity contribution is 7.89. The zero-order valence-electron chi connectivity index (χ0n) is 15.4. The lowest BCUT2D eigenvalue weighted by atomic mass is 10.0. The molecule has 0 aromatic heterocycles. The van der Waals surface area contributed by atoms with E-state index in [9.17, 15) is 13.2 Å². The predicted octanol–water partition coefficient (Wildman–Crippen LogP) is 3.11. The van der Waals surface area contributed by atoms with Gasteiger partial charge in [-0.3, -0.25) is 4.79 Å². The number of carbonyl (C=O) groups is 1. The fraction of sp³-hybridized carbons (Fsp3) is 0.350. The molecule has 0 fully saturated rings. The quantitative estimate of drug-likeness (QED) is 0.829. The molecular formula is C20H24N2O3S. The van der Waals surface area contributed by atoms with Crippen LogP contribution in [0.25, 0.3) is 0 Å². The van der Waals surface area contributed by atoms with Crippen molar-refractivity contribution in [1.82, 2.24) is 4.31 Å². The number of fused-ring (bicyclic) bond motifs is 1. The van der Waals surface area contributed by atoms with Crippen LogP contribution in [0, 0.1) is 6.92 Å². The van der Waals surface area contributed by atoms with Crippen molar-refractivity contribution in [2.24, 2.45) is 0 Å². The van der Waals surface area contributed by atoms with Crippen molar-refractivity contribution >= 4 is 21.6 Å². The Hall–Kier alpha value is -2.18. The standard InChI is InChI=1S/C20H24N2O3S/c1-15-7-4-5-8-18(15)14-21(3)26(24,25)19-10-11-20-17(13-19)9-6-12-22(20)16(2)23/h4-5,7-8,10-11,13H,6,9,12,14H2,1-3H3. The summed E-state index contributed by atoms with van der Waals surface area (Å²) in [5.74, 6) is -0.0155. The van der Waals surface area contributed by atoms with Gasteiger partial charge in [-0.05, 0) is 54.7 Å². The van der Waals surface area contributed by atoms with Crippen molar-refractivity contribution in [3.63, 3.8) is 0 Å². The van der Waals surface area contributed by atoms with Crippen molar-refractivity contribution in [3.8, 4) is 0 Å². The van der Waals surface area contributed by atoms with Crippen molar-refractivity contribution in [2.45, 2.75) is 38.1 Å². The molecule has 0 radical (unpaired) electrons. The topological polar surface area (TPSA) is 57.7 Å². The number of sulfonamides is 1. The molecule has 0 saturated carbocycles. The summed E-state index contributed by atoms with van der Waals surface area (Å²) in [7, 11) is -1.99. The average molecular weight is 372 g/mol. The predicted molar refractivity (Wildman–Crippen MR) is 103 cm³/mol. The maximum atomic E-state index is 13.0. The maximum Gasteiger partial charge on any atom is 0.243 e. The Morgan fingerprint density at radius 3 is 2.62 bits per heavy atom. The Morgan fingerprint density at radius 1 is 1.19 bits per heavy atom. The van der Waals surface area contributed by atoms with Crippen LogP contribution in [0.3, 0.4) is 0 Å². The van der Waals surface area contributed by atoms with Crippen LogP contribution >= 0.6 is 0 Å². The van der Waals surface area contributed by atoms with Crippen LogP contribution < -0.4 is 4.90 Å². The molecule has 0 bridgehead atoms. The molecule has 1 aliphatic rings. The molecule has 2 aromatic rings. The molecular weight excluding hydrogens is 348 g/mol. The summed E-state index contributed by atoms with van der Waals surface area (Å²) in [6.45, 7) is 4.52. The first-order valence-corrected chi connectivity index (χ1v) is 10.2.